The maximum atomic E-state index is 5.98. The first kappa shape index (κ1) is 12.5. The van der Waals surface area contributed by atoms with Gasteiger partial charge in [0.05, 0.1) is 16.1 Å². The van der Waals surface area contributed by atoms with Crippen LogP contribution in [0, 0.1) is 0 Å². The second-order valence-electron chi connectivity index (χ2n) is 3.66. The first-order chi connectivity index (χ1) is 8.31. The van der Waals surface area contributed by atoms with Crippen molar-refractivity contribution < 1.29 is 0 Å². The Kier molecular flexibility index (Phi) is 4.48. The molecule has 0 amide bonds. The Labute approximate surface area is 110 Å². The van der Waals surface area contributed by atoms with Gasteiger partial charge in [0.15, 0.2) is 0 Å². The largest absolute Gasteiger partial charge is 0.304 e. The minimum Gasteiger partial charge on any atom is -0.304 e. The highest BCUT2D eigenvalue weighted by atomic mass is 35.5. The smallest absolute Gasteiger partial charge is 0.115 e. The van der Waals surface area contributed by atoms with Crippen LogP contribution >= 0.6 is 22.9 Å². The molecule has 0 radical (unpaired) electrons. The molecule has 0 aliphatic carbocycles. The normalized spacial score (nSPS) is 12.6. The molecule has 0 aliphatic heterocycles. The van der Waals surface area contributed by atoms with Crippen molar-refractivity contribution in [1.29, 1.82) is 0 Å². The summed E-state index contributed by atoms with van der Waals surface area (Å²) in [6, 6.07) is 6.00. The summed E-state index contributed by atoms with van der Waals surface area (Å²) in [6.07, 6.45) is 4.42. The van der Waals surface area contributed by atoms with Crippen LogP contribution in [0.1, 0.15) is 30.0 Å². The Morgan fingerprint density at radius 1 is 1.41 bits per heavy atom. The van der Waals surface area contributed by atoms with E-state index in [1.165, 1.54) is 4.88 Å². The molecule has 2 heterocycles. The second-order valence-corrected chi connectivity index (χ2v) is 5.41. The summed E-state index contributed by atoms with van der Waals surface area (Å²) in [5, 5.41) is 3.48. The first-order valence-corrected chi connectivity index (χ1v) is 6.75. The molecule has 17 heavy (non-hydrogen) atoms. The summed E-state index contributed by atoms with van der Waals surface area (Å²) in [4.78, 5) is 9.44. The van der Waals surface area contributed by atoms with Gasteiger partial charge in [-0.05, 0) is 31.2 Å². The summed E-state index contributed by atoms with van der Waals surface area (Å²) in [5.41, 5.74) is 0.979. The van der Waals surface area contributed by atoms with E-state index >= 15 is 0 Å². The highest BCUT2D eigenvalue weighted by Crippen LogP contribution is 2.29. The molecule has 0 bridgehead atoms. The lowest BCUT2D eigenvalue weighted by Gasteiger charge is -2.16. The van der Waals surface area contributed by atoms with Crippen LogP contribution in [-0.2, 0) is 0 Å². The van der Waals surface area contributed by atoms with Crippen molar-refractivity contribution in [2.75, 3.05) is 6.54 Å². The van der Waals surface area contributed by atoms with Gasteiger partial charge in [0.1, 0.15) is 6.33 Å². The van der Waals surface area contributed by atoms with E-state index in [0.29, 0.717) is 0 Å². The third-order valence-corrected chi connectivity index (χ3v) is 3.67. The van der Waals surface area contributed by atoms with Crippen molar-refractivity contribution in [2.24, 2.45) is 0 Å². The van der Waals surface area contributed by atoms with Crippen LogP contribution in [0.5, 0.6) is 0 Å². The molecule has 0 fully saturated rings. The van der Waals surface area contributed by atoms with Gasteiger partial charge in [-0.3, -0.25) is 0 Å². The predicted octanol–water partition coefficient (Wildman–Crippen LogP) is 3.28. The Hall–Kier alpha value is -0.970. The number of aromatic nitrogens is 2. The van der Waals surface area contributed by atoms with Crippen LogP contribution < -0.4 is 5.32 Å². The Balaban J connectivity index is 2.25. The quantitative estimate of drug-likeness (QED) is 0.903. The van der Waals surface area contributed by atoms with Gasteiger partial charge in [-0.25, -0.2) is 9.97 Å². The van der Waals surface area contributed by atoms with Gasteiger partial charge in [-0.15, -0.1) is 11.3 Å². The summed E-state index contributed by atoms with van der Waals surface area (Å²) in [7, 11) is 0. The number of hydrogen-bond donors (Lipinski definition) is 1. The zero-order valence-electron chi connectivity index (χ0n) is 9.56. The van der Waals surface area contributed by atoms with Crippen molar-refractivity contribution in [2.45, 2.75) is 19.4 Å². The molecule has 0 saturated heterocycles. The lowest BCUT2D eigenvalue weighted by atomic mass is 10.1. The topological polar surface area (TPSA) is 37.8 Å². The molecular formula is C12H14ClN3S. The van der Waals surface area contributed by atoms with Crippen LogP contribution in [0.2, 0.25) is 4.34 Å². The number of hydrogen-bond acceptors (Lipinski definition) is 4. The van der Waals surface area contributed by atoms with Crippen LogP contribution in [-0.4, -0.2) is 16.5 Å². The van der Waals surface area contributed by atoms with Crippen molar-refractivity contribution in [3.05, 3.63) is 45.6 Å². The summed E-state index contributed by atoms with van der Waals surface area (Å²) < 4.78 is 0.803. The highest BCUT2D eigenvalue weighted by molar-refractivity contribution is 7.16. The first-order valence-electron chi connectivity index (χ1n) is 5.55. The third kappa shape index (κ3) is 3.25. The van der Waals surface area contributed by atoms with Gasteiger partial charge >= 0.3 is 0 Å². The van der Waals surface area contributed by atoms with Crippen molar-refractivity contribution in [3.8, 4) is 0 Å². The molecule has 2 aromatic rings. The summed E-state index contributed by atoms with van der Waals surface area (Å²) in [5.74, 6) is 0. The van der Waals surface area contributed by atoms with E-state index in [0.717, 1.165) is 23.0 Å². The van der Waals surface area contributed by atoms with Gasteiger partial charge in [0.25, 0.3) is 0 Å². The molecule has 3 nitrogen and oxygen atoms in total. The minimum atomic E-state index is 0.107. The number of rotatable bonds is 5. The van der Waals surface area contributed by atoms with E-state index in [1.807, 2.05) is 18.2 Å². The number of halogens is 1. The van der Waals surface area contributed by atoms with E-state index in [4.69, 9.17) is 11.6 Å². The van der Waals surface area contributed by atoms with E-state index in [-0.39, 0.29) is 6.04 Å². The number of nitrogens with one attached hydrogen (secondary N) is 1. The predicted molar refractivity (Wildman–Crippen MR) is 71.5 cm³/mol. The van der Waals surface area contributed by atoms with E-state index in [1.54, 1.807) is 23.9 Å². The molecule has 0 aliphatic rings. The molecule has 0 spiro atoms. The zero-order chi connectivity index (χ0) is 12.1. The van der Waals surface area contributed by atoms with Crippen LogP contribution in [0.15, 0.2) is 30.7 Å². The van der Waals surface area contributed by atoms with Gasteiger partial charge in [-0.2, -0.15) is 0 Å². The molecule has 0 saturated carbocycles. The third-order valence-electron chi connectivity index (χ3n) is 2.38. The van der Waals surface area contributed by atoms with E-state index in [2.05, 4.69) is 22.2 Å². The maximum Gasteiger partial charge on any atom is 0.115 e. The van der Waals surface area contributed by atoms with Crippen molar-refractivity contribution >= 4 is 22.9 Å². The van der Waals surface area contributed by atoms with Gasteiger partial charge in [0.2, 0.25) is 0 Å². The number of nitrogens with zero attached hydrogens (tertiary/aromatic N) is 2. The molecule has 1 N–H and O–H groups in total. The number of thiophene rings is 1. The van der Waals surface area contributed by atoms with Crippen LogP contribution in [0.4, 0.5) is 0 Å². The lowest BCUT2D eigenvalue weighted by Crippen LogP contribution is -2.23. The molecule has 1 atom stereocenters. The maximum absolute atomic E-state index is 5.98. The second kappa shape index (κ2) is 6.10. The highest BCUT2D eigenvalue weighted by Gasteiger charge is 2.16. The van der Waals surface area contributed by atoms with Crippen LogP contribution in [0.25, 0.3) is 0 Å². The lowest BCUT2D eigenvalue weighted by molar-refractivity contribution is 0.592. The molecule has 5 heteroatoms. The Bertz CT molecular complexity index is 458. The van der Waals surface area contributed by atoms with Gasteiger partial charge in [-0.1, -0.05) is 18.5 Å². The monoisotopic (exact) mass is 267 g/mol. The van der Waals surface area contributed by atoms with Gasteiger partial charge in [0, 0.05) is 11.1 Å². The summed E-state index contributed by atoms with van der Waals surface area (Å²) in [6.45, 7) is 3.09. The zero-order valence-corrected chi connectivity index (χ0v) is 11.1. The summed E-state index contributed by atoms with van der Waals surface area (Å²) >= 11 is 7.57. The van der Waals surface area contributed by atoms with Crippen molar-refractivity contribution in [3.63, 3.8) is 0 Å². The Morgan fingerprint density at radius 3 is 2.88 bits per heavy atom. The van der Waals surface area contributed by atoms with E-state index in [9.17, 15) is 0 Å². The average Bonchev–Trinajstić information content (AvgIpc) is 2.78. The Morgan fingerprint density at radius 2 is 2.29 bits per heavy atom. The van der Waals surface area contributed by atoms with Crippen LogP contribution in [0.3, 0.4) is 0 Å². The fourth-order valence-corrected chi connectivity index (χ4v) is 2.74. The van der Waals surface area contributed by atoms with Gasteiger partial charge < -0.3 is 5.32 Å². The SMILES string of the molecule is CCCNC(c1ccncn1)c1ccc(Cl)s1. The van der Waals surface area contributed by atoms with E-state index < -0.39 is 0 Å². The molecular weight excluding hydrogens is 254 g/mol. The standard InChI is InChI=1S/C12H14ClN3S/c1-2-6-15-12(9-5-7-14-8-16-9)10-3-4-11(13)17-10/h3-5,7-8,12,15H,2,6H2,1H3. The molecule has 0 aromatic carbocycles. The molecule has 90 valence electrons. The average molecular weight is 268 g/mol. The fraction of sp³-hybridized carbons (Fsp3) is 0.333. The molecule has 2 rings (SSSR count). The molecule has 1 unspecified atom stereocenters. The van der Waals surface area contributed by atoms with Crippen molar-refractivity contribution in [1.82, 2.24) is 15.3 Å². The minimum absolute atomic E-state index is 0.107. The molecule has 2 aromatic heterocycles. The fourth-order valence-electron chi connectivity index (χ4n) is 1.59.